The lowest BCUT2D eigenvalue weighted by molar-refractivity contribution is 0.0938. The number of nitrogens with one attached hydrogen (secondary N) is 2. The molecule has 12 heteroatoms. The standard InChI is InChI=1S/C20H19F2N5O3.C6H7NS.H2/c1-23-27-20(28)14-9-24-15(11-4-5-18(30-3)26-8-11)6-12(14)13-7-16(19(21)22)25-10-17(13)29-2;7-6(8)4-3-5-1-2-5;/h4-10,19,23H,1-3H3,(H,27,28);5H,1-2H2,(H2,7,8);1H. The van der Waals surface area contributed by atoms with Crippen molar-refractivity contribution in [3.63, 3.8) is 0 Å². The van der Waals surface area contributed by atoms with Gasteiger partial charge >= 0.3 is 0 Å². The van der Waals surface area contributed by atoms with Crippen LogP contribution in [0.3, 0.4) is 0 Å². The number of aromatic nitrogens is 3. The predicted octanol–water partition coefficient (Wildman–Crippen LogP) is 3.96. The lowest BCUT2D eigenvalue weighted by Crippen LogP contribution is -2.34. The van der Waals surface area contributed by atoms with Crippen molar-refractivity contribution in [2.45, 2.75) is 19.3 Å². The molecule has 4 rings (SSSR count). The summed E-state index contributed by atoms with van der Waals surface area (Å²) < 4.78 is 36.9. The van der Waals surface area contributed by atoms with E-state index in [4.69, 9.17) is 15.2 Å². The van der Waals surface area contributed by atoms with E-state index in [-0.39, 0.29) is 18.3 Å². The third-order valence-corrected chi connectivity index (χ3v) is 5.33. The molecule has 0 radical (unpaired) electrons. The molecule has 1 fully saturated rings. The minimum atomic E-state index is -2.78. The molecule has 0 unspecified atom stereocenters. The Morgan fingerprint density at radius 1 is 1.13 bits per heavy atom. The van der Waals surface area contributed by atoms with Crippen molar-refractivity contribution in [3.05, 3.63) is 54.1 Å². The highest BCUT2D eigenvalue weighted by atomic mass is 32.1. The van der Waals surface area contributed by atoms with Gasteiger partial charge in [0.25, 0.3) is 12.3 Å². The number of carbonyl (C=O) groups excluding carboxylic acids is 1. The second-order valence-corrected chi connectivity index (χ2v) is 8.37. The molecular weight excluding hydrogens is 514 g/mol. The molecule has 4 N–H and O–H groups in total. The Kier molecular flexibility index (Phi) is 9.98. The number of hydrogen-bond donors (Lipinski definition) is 3. The zero-order chi connectivity index (χ0) is 27.7. The monoisotopic (exact) mass is 542 g/mol. The molecule has 0 aromatic carbocycles. The van der Waals surface area contributed by atoms with Gasteiger partial charge in [0.05, 0.1) is 31.7 Å². The van der Waals surface area contributed by atoms with Crippen LogP contribution in [0.1, 0.15) is 36.7 Å². The van der Waals surface area contributed by atoms with E-state index in [1.165, 1.54) is 52.6 Å². The number of amides is 1. The number of pyridine rings is 3. The Labute approximate surface area is 225 Å². The fourth-order valence-corrected chi connectivity index (χ4v) is 3.26. The summed E-state index contributed by atoms with van der Waals surface area (Å²) in [4.78, 5) is 25.1. The van der Waals surface area contributed by atoms with E-state index in [1.54, 1.807) is 24.4 Å². The van der Waals surface area contributed by atoms with Gasteiger partial charge in [-0.2, -0.15) is 0 Å². The Morgan fingerprint density at radius 2 is 1.89 bits per heavy atom. The van der Waals surface area contributed by atoms with Crippen LogP contribution in [-0.4, -0.2) is 47.1 Å². The number of methoxy groups -OCH3 is 2. The van der Waals surface area contributed by atoms with Crippen molar-refractivity contribution in [3.8, 4) is 45.9 Å². The number of hydrazine groups is 1. The highest BCUT2D eigenvalue weighted by molar-refractivity contribution is 7.80. The molecule has 3 aromatic heterocycles. The molecule has 1 saturated carbocycles. The Morgan fingerprint density at radius 3 is 2.45 bits per heavy atom. The lowest BCUT2D eigenvalue weighted by Gasteiger charge is -2.15. The van der Waals surface area contributed by atoms with Gasteiger partial charge < -0.3 is 15.2 Å². The van der Waals surface area contributed by atoms with Crippen molar-refractivity contribution in [1.82, 2.24) is 25.8 Å². The average Bonchev–Trinajstić information content (AvgIpc) is 3.76. The van der Waals surface area contributed by atoms with E-state index in [0.717, 1.165) is 0 Å². The largest absolute Gasteiger partial charge is 0.494 e. The van der Waals surface area contributed by atoms with Crippen molar-refractivity contribution >= 4 is 23.1 Å². The number of thiocarbonyl (C=S) groups is 1. The number of hydrogen-bond acceptors (Lipinski definition) is 8. The molecule has 1 amide bonds. The fraction of sp³-hybridized carbons (Fsp3) is 0.269. The first-order valence-electron chi connectivity index (χ1n) is 11.4. The highest BCUT2D eigenvalue weighted by Gasteiger charge is 2.21. The third-order valence-electron chi connectivity index (χ3n) is 5.23. The SMILES string of the molecule is CNNC(=O)c1cnc(-c2ccc(OC)nc2)cc1-c1cc(C(F)F)ncc1OC.NC(=S)C#CC1CC1.[HH]. The molecule has 9 nitrogen and oxygen atoms in total. The maximum absolute atomic E-state index is 13.3. The molecule has 0 saturated heterocycles. The van der Waals surface area contributed by atoms with Crippen molar-refractivity contribution in [2.24, 2.45) is 11.7 Å². The number of ether oxygens (including phenoxy) is 2. The second-order valence-electron chi connectivity index (χ2n) is 7.93. The van der Waals surface area contributed by atoms with E-state index in [0.29, 0.717) is 33.6 Å². The summed E-state index contributed by atoms with van der Waals surface area (Å²) in [5.74, 6) is 6.40. The van der Waals surface area contributed by atoms with Crippen LogP contribution in [-0.2, 0) is 0 Å². The smallest absolute Gasteiger partial charge is 0.280 e. The topological polar surface area (TPSA) is 124 Å². The van der Waals surface area contributed by atoms with Crippen LogP contribution < -0.4 is 26.1 Å². The van der Waals surface area contributed by atoms with Gasteiger partial charge in [0, 0.05) is 49.5 Å². The van der Waals surface area contributed by atoms with Gasteiger partial charge in [0.15, 0.2) is 0 Å². The summed E-state index contributed by atoms with van der Waals surface area (Å²) in [5.41, 5.74) is 11.6. The number of alkyl halides is 2. The molecule has 0 bridgehead atoms. The Balaban J connectivity index is 0.000000508. The van der Waals surface area contributed by atoms with E-state index < -0.39 is 18.0 Å². The lowest BCUT2D eigenvalue weighted by atomic mass is 9.98. The maximum atomic E-state index is 13.3. The van der Waals surface area contributed by atoms with Gasteiger partial charge in [-0.1, -0.05) is 18.1 Å². The molecule has 38 heavy (non-hydrogen) atoms. The summed E-state index contributed by atoms with van der Waals surface area (Å²) in [6, 6.07) is 6.23. The van der Waals surface area contributed by atoms with Crippen molar-refractivity contribution in [1.29, 1.82) is 0 Å². The first-order valence-corrected chi connectivity index (χ1v) is 11.8. The summed E-state index contributed by atoms with van der Waals surface area (Å²) >= 11 is 4.55. The Bertz CT molecular complexity index is 1360. The van der Waals surface area contributed by atoms with Gasteiger partial charge in [0.1, 0.15) is 16.4 Å². The van der Waals surface area contributed by atoms with Crippen LogP contribution in [0.25, 0.3) is 22.4 Å². The summed E-state index contributed by atoms with van der Waals surface area (Å²) in [6.07, 6.45) is 3.81. The molecule has 0 aliphatic heterocycles. The first kappa shape index (κ1) is 28.4. The number of carbonyl (C=O) groups is 1. The quantitative estimate of drug-likeness (QED) is 0.231. The van der Waals surface area contributed by atoms with Crippen LogP contribution in [0, 0.1) is 17.8 Å². The zero-order valence-corrected chi connectivity index (χ0v) is 21.7. The number of rotatable bonds is 7. The number of halogens is 2. The van der Waals surface area contributed by atoms with Crippen LogP contribution in [0.2, 0.25) is 0 Å². The van der Waals surface area contributed by atoms with Gasteiger partial charge in [0.2, 0.25) is 5.88 Å². The summed E-state index contributed by atoms with van der Waals surface area (Å²) in [5, 5.41) is 0. The number of nitrogens with zero attached hydrogens (tertiary/aromatic N) is 3. The van der Waals surface area contributed by atoms with Crippen molar-refractivity contribution < 1.29 is 24.5 Å². The summed E-state index contributed by atoms with van der Waals surface area (Å²) in [7, 11) is 4.43. The van der Waals surface area contributed by atoms with E-state index in [9.17, 15) is 13.6 Å². The second kappa shape index (κ2) is 13.4. The molecule has 3 aromatic rings. The molecule has 3 heterocycles. The predicted molar refractivity (Wildman–Crippen MR) is 145 cm³/mol. The van der Waals surface area contributed by atoms with Crippen LogP contribution in [0.4, 0.5) is 8.78 Å². The summed E-state index contributed by atoms with van der Waals surface area (Å²) in [6.45, 7) is 0. The highest BCUT2D eigenvalue weighted by Crippen LogP contribution is 2.36. The molecule has 1 aliphatic carbocycles. The van der Waals surface area contributed by atoms with Crippen LogP contribution in [0.15, 0.2) is 42.9 Å². The van der Waals surface area contributed by atoms with Gasteiger partial charge in [-0.15, -0.1) is 0 Å². The van der Waals surface area contributed by atoms with Gasteiger partial charge in [-0.05, 0) is 37.0 Å². The molecular formula is C26H28F2N6O3S. The van der Waals surface area contributed by atoms with E-state index >= 15 is 0 Å². The third kappa shape index (κ3) is 7.64. The normalized spacial score (nSPS) is 11.9. The van der Waals surface area contributed by atoms with E-state index in [2.05, 4.69) is 49.9 Å². The minimum Gasteiger partial charge on any atom is -0.494 e. The first-order chi connectivity index (χ1) is 18.3. The van der Waals surface area contributed by atoms with Crippen LogP contribution in [0.5, 0.6) is 11.6 Å². The van der Waals surface area contributed by atoms with Crippen molar-refractivity contribution in [2.75, 3.05) is 21.3 Å². The van der Waals surface area contributed by atoms with E-state index in [1.807, 2.05) is 0 Å². The molecule has 200 valence electrons. The maximum Gasteiger partial charge on any atom is 0.280 e. The van der Waals surface area contributed by atoms with Crippen LogP contribution >= 0.6 is 12.2 Å². The Hall–Kier alpha value is -4.21. The zero-order valence-electron chi connectivity index (χ0n) is 20.9. The van der Waals surface area contributed by atoms with Gasteiger partial charge in [-0.25, -0.2) is 19.2 Å². The minimum absolute atomic E-state index is 0. The fourth-order valence-electron chi connectivity index (χ4n) is 3.20. The number of nitrogens with two attached hydrogens (primary N) is 1. The van der Waals surface area contributed by atoms with Gasteiger partial charge in [-0.3, -0.25) is 20.2 Å². The molecule has 0 spiro atoms. The average molecular weight is 543 g/mol. The molecule has 0 atom stereocenters. The molecule has 1 aliphatic rings.